The second-order valence-electron chi connectivity index (χ2n) is 6.34. The molecule has 0 radical (unpaired) electrons. The lowest BCUT2D eigenvalue weighted by Gasteiger charge is -2.37. The first-order valence-corrected chi connectivity index (χ1v) is 9.74. The molecule has 2 aromatic rings. The fourth-order valence-corrected chi connectivity index (χ4v) is 3.42. The molecule has 0 spiro atoms. The predicted molar refractivity (Wildman–Crippen MR) is 114 cm³/mol. The molecule has 1 heterocycles. The molecule has 28 heavy (non-hydrogen) atoms. The Hall–Kier alpha value is -2.86. The molecule has 1 N–H and O–H groups in total. The smallest absolute Gasteiger partial charge is 0.341 e. The van der Waals surface area contributed by atoms with E-state index in [9.17, 15) is 4.79 Å². The molecule has 146 valence electrons. The first kappa shape index (κ1) is 19.9. The molecule has 3 rings (SSSR count). The number of esters is 1. The Bertz CT molecular complexity index is 878. The molecule has 0 bridgehead atoms. The number of ether oxygens (including phenoxy) is 2. The average molecular weight is 397 g/mol. The lowest BCUT2D eigenvalue weighted by molar-refractivity contribution is -0.139. The highest BCUT2D eigenvalue weighted by molar-refractivity contribution is 7.80. The zero-order valence-electron chi connectivity index (χ0n) is 16.3. The van der Waals surface area contributed by atoms with Crippen LogP contribution in [0.4, 0.5) is 5.69 Å². The van der Waals surface area contributed by atoms with E-state index in [0.717, 1.165) is 16.8 Å². The van der Waals surface area contributed by atoms with Crippen molar-refractivity contribution in [3.8, 4) is 0 Å². The third-order valence-corrected chi connectivity index (χ3v) is 4.69. The minimum absolute atomic E-state index is 0.276. The van der Waals surface area contributed by atoms with Crippen molar-refractivity contribution in [2.24, 2.45) is 0 Å². The summed E-state index contributed by atoms with van der Waals surface area (Å²) in [6.07, 6.45) is 0. The van der Waals surface area contributed by atoms with Gasteiger partial charge in [0.15, 0.2) is 5.11 Å². The van der Waals surface area contributed by atoms with Gasteiger partial charge in [-0.3, -0.25) is 4.90 Å². The summed E-state index contributed by atoms with van der Waals surface area (Å²) in [5, 5.41) is 3.76. The van der Waals surface area contributed by atoms with Crippen LogP contribution in [-0.2, 0) is 14.3 Å². The molecule has 1 atom stereocenters. The number of thiocarbonyl (C=S) groups is 1. The Balaban J connectivity index is 2.18. The third-order valence-electron chi connectivity index (χ3n) is 4.39. The van der Waals surface area contributed by atoms with Crippen LogP contribution in [0.2, 0.25) is 0 Å². The van der Waals surface area contributed by atoms with Crippen molar-refractivity contribution >= 4 is 29.0 Å². The Morgan fingerprint density at radius 1 is 1.07 bits per heavy atom. The van der Waals surface area contributed by atoms with Crippen LogP contribution < -0.4 is 10.2 Å². The molecule has 0 saturated heterocycles. The Morgan fingerprint density at radius 3 is 2.36 bits per heavy atom. The summed E-state index contributed by atoms with van der Waals surface area (Å²) >= 11 is 5.66. The second-order valence-corrected chi connectivity index (χ2v) is 6.72. The van der Waals surface area contributed by atoms with Crippen LogP contribution in [0.15, 0.2) is 66.1 Å². The highest BCUT2D eigenvalue weighted by Crippen LogP contribution is 2.35. The molecule has 1 aliphatic heterocycles. The largest absolute Gasteiger partial charge is 0.478 e. The van der Waals surface area contributed by atoms with Crippen molar-refractivity contribution in [1.29, 1.82) is 0 Å². The van der Waals surface area contributed by atoms with Crippen molar-refractivity contribution < 1.29 is 14.3 Å². The van der Waals surface area contributed by atoms with Gasteiger partial charge in [0.1, 0.15) is 5.57 Å². The summed E-state index contributed by atoms with van der Waals surface area (Å²) in [6.45, 7) is 6.36. The zero-order valence-corrected chi connectivity index (χ0v) is 17.1. The monoisotopic (exact) mass is 396 g/mol. The van der Waals surface area contributed by atoms with Crippen LogP contribution in [0.3, 0.4) is 0 Å². The molecule has 0 aliphatic carbocycles. The highest BCUT2D eigenvalue weighted by Gasteiger charge is 2.38. The third kappa shape index (κ3) is 4.02. The van der Waals surface area contributed by atoms with E-state index in [4.69, 9.17) is 21.7 Å². The molecular weight excluding hydrogens is 372 g/mol. The summed E-state index contributed by atoms with van der Waals surface area (Å²) in [6, 6.07) is 17.1. The van der Waals surface area contributed by atoms with E-state index in [2.05, 4.69) is 5.32 Å². The Labute approximate surface area is 170 Å². The molecule has 2 aromatic carbocycles. The van der Waals surface area contributed by atoms with Gasteiger partial charge in [-0.1, -0.05) is 48.0 Å². The number of aryl methyl sites for hydroxylation is 1. The van der Waals surface area contributed by atoms with Crippen LogP contribution >= 0.6 is 12.2 Å². The van der Waals surface area contributed by atoms with Crippen molar-refractivity contribution in [2.45, 2.75) is 26.8 Å². The van der Waals surface area contributed by atoms with Gasteiger partial charge in [-0.05, 0) is 50.7 Å². The molecule has 0 saturated carbocycles. The minimum atomic E-state index is -0.450. The quantitative estimate of drug-likeness (QED) is 0.582. The van der Waals surface area contributed by atoms with Crippen molar-refractivity contribution in [1.82, 2.24) is 5.32 Å². The summed E-state index contributed by atoms with van der Waals surface area (Å²) in [7, 11) is 0. The molecule has 0 aromatic heterocycles. The molecule has 0 amide bonds. The van der Waals surface area contributed by atoms with E-state index in [1.807, 2.05) is 68.4 Å². The predicted octanol–water partition coefficient (Wildman–Crippen LogP) is 4.24. The van der Waals surface area contributed by atoms with Gasteiger partial charge < -0.3 is 14.8 Å². The summed E-state index contributed by atoms with van der Waals surface area (Å²) in [4.78, 5) is 14.7. The number of nitrogens with zero attached hydrogens (tertiary/aromatic N) is 1. The normalized spacial score (nSPS) is 16.6. The van der Waals surface area contributed by atoms with Gasteiger partial charge in [0, 0.05) is 0 Å². The topological polar surface area (TPSA) is 50.8 Å². The number of para-hydroxylation sites is 1. The summed E-state index contributed by atoms with van der Waals surface area (Å²) in [5.74, 6) is -0.0195. The van der Waals surface area contributed by atoms with Gasteiger partial charge >= 0.3 is 5.97 Å². The first-order chi connectivity index (χ1) is 13.6. The van der Waals surface area contributed by atoms with Gasteiger partial charge in [0.25, 0.3) is 0 Å². The van der Waals surface area contributed by atoms with Gasteiger partial charge in [-0.25, -0.2) is 4.79 Å². The number of benzene rings is 2. The first-order valence-electron chi connectivity index (χ1n) is 9.33. The van der Waals surface area contributed by atoms with Crippen LogP contribution in [0.25, 0.3) is 0 Å². The maximum atomic E-state index is 12.9. The van der Waals surface area contributed by atoms with Crippen molar-refractivity contribution in [3.05, 3.63) is 77.2 Å². The maximum absolute atomic E-state index is 12.9. The zero-order chi connectivity index (χ0) is 20.1. The van der Waals surface area contributed by atoms with E-state index < -0.39 is 12.0 Å². The minimum Gasteiger partial charge on any atom is -0.478 e. The fraction of sp³-hybridized carbons (Fsp3) is 0.273. The molecule has 1 unspecified atom stereocenters. The number of rotatable bonds is 6. The van der Waals surface area contributed by atoms with Crippen LogP contribution in [0.5, 0.6) is 0 Å². The van der Waals surface area contributed by atoms with E-state index in [0.29, 0.717) is 23.2 Å². The standard InChI is InChI=1S/C22H24N2O3S/c1-4-26-20-18(21(25)27-5-2)19(16-13-11-15(3)12-14-16)23-22(28)24(20)17-9-7-6-8-10-17/h6-14,19H,4-5H2,1-3H3,(H,23,28). The van der Waals surface area contributed by atoms with E-state index in [1.54, 1.807) is 11.8 Å². The van der Waals surface area contributed by atoms with Gasteiger partial charge in [-0.2, -0.15) is 0 Å². The van der Waals surface area contributed by atoms with E-state index in [-0.39, 0.29) is 6.61 Å². The number of hydrogen-bond acceptors (Lipinski definition) is 4. The molecule has 5 nitrogen and oxygen atoms in total. The lowest BCUT2D eigenvalue weighted by atomic mass is 9.96. The van der Waals surface area contributed by atoms with Gasteiger partial charge in [-0.15, -0.1) is 0 Å². The fourth-order valence-electron chi connectivity index (χ4n) is 3.11. The van der Waals surface area contributed by atoms with Crippen molar-refractivity contribution in [2.75, 3.05) is 18.1 Å². The Morgan fingerprint density at radius 2 is 1.75 bits per heavy atom. The van der Waals surface area contributed by atoms with E-state index in [1.165, 1.54) is 0 Å². The molecule has 1 aliphatic rings. The highest BCUT2D eigenvalue weighted by atomic mass is 32.1. The number of anilines is 1. The average Bonchev–Trinajstić information content (AvgIpc) is 2.69. The Kier molecular flexibility index (Phi) is 6.31. The lowest BCUT2D eigenvalue weighted by Crippen LogP contribution is -2.49. The summed E-state index contributed by atoms with van der Waals surface area (Å²) < 4.78 is 11.3. The van der Waals surface area contributed by atoms with Crippen molar-refractivity contribution in [3.63, 3.8) is 0 Å². The number of nitrogens with one attached hydrogen (secondary N) is 1. The van der Waals surface area contributed by atoms with Gasteiger partial charge in [0.2, 0.25) is 5.88 Å². The molecule has 6 heteroatoms. The number of carbonyl (C=O) groups is 1. The van der Waals surface area contributed by atoms with Crippen LogP contribution in [0, 0.1) is 6.92 Å². The molecule has 0 fully saturated rings. The molecular formula is C22H24N2O3S. The second kappa shape index (κ2) is 8.89. The number of carbonyl (C=O) groups excluding carboxylic acids is 1. The van der Waals surface area contributed by atoms with Gasteiger partial charge in [0.05, 0.1) is 24.9 Å². The van der Waals surface area contributed by atoms with Crippen LogP contribution in [-0.4, -0.2) is 24.3 Å². The van der Waals surface area contributed by atoms with Crippen LogP contribution in [0.1, 0.15) is 31.0 Å². The number of hydrogen-bond donors (Lipinski definition) is 1. The maximum Gasteiger partial charge on any atom is 0.341 e. The summed E-state index contributed by atoms with van der Waals surface area (Å²) in [5.41, 5.74) is 3.28. The van der Waals surface area contributed by atoms with E-state index >= 15 is 0 Å². The SMILES string of the molecule is CCOC(=O)C1=C(OCC)N(c2ccccc2)C(=S)NC1c1ccc(C)cc1.